The van der Waals surface area contributed by atoms with Gasteiger partial charge < -0.3 is 5.32 Å². The fourth-order valence-corrected chi connectivity index (χ4v) is 2.30. The highest BCUT2D eigenvalue weighted by Gasteiger charge is 2.13. The molecule has 1 aromatic heterocycles. The molecule has 1 N–H and O–H groups in total. The number of halogens is 3. The fourth-order valence-electron chi connectivity index (χ4n) is 1.61. The van der Waals surface area contributed by atoms with E-state index in [1.165, 1.54) is 0 Å². The maximum Gasteiger partial charge on any atom is 0.138 e. The van der Waals surface area contributed by atoms with E-state index in [2.05, 4.69) is 31.2 Å². The minimum atomic E-state index is 0.205. The van der Waals surface area contributed by atoms with Gasteiger partial charge in [0, 0.05) is 21.0 Å². The Bertz CT molecular complexity index is 645. The van der Waals surface area contributed by atoms with Crippen molar-refractivity contribution in [2.75, 3.05) is 5.32 Å². The van der Waals surface area contributed by atoms with Gasteiger partial charge in [-0.3, -0.25) is 0 Å². The van der Waals surface area contributed by atoms with Crippen LogP contribution in [0.3, 0.4) is 0 Å². The Morgan fingerprint density at radius 1 is 1.20 bits per heavy atom. The summed E-state index contributed by atoms with van der Waals surface area (Å²) in [6.07, 6.45) is 0. The SMILES string of the molecule is Cc1c(Cl)nc(C(C)C)nc1Nc1cc(Cl)ccc1Br. The fraction of sp³-hybridized carbons (Fsp3) is 0.286. The minimum Gasteiger partial charge on any atom is -0.339 e. The number of aromatic nitrogens is 2. The van der Waals surface area contributed by atoms with Crippen molar-refractivity contribution in [1.29, 1.82) is 0 Å². The van der Waals surface area contributed by atoms with E-state index in [1.807, 2.05) is 39.0 Å². The Labute approximate surface area is 136 Å². The predicted octanol–water partition coefficient (Wildman–Crippen LogP) is 5.72. The molecule has 3 nitrogen and oxygen atoms in total. The summed E-state index contributed by atoms with van der Waals surface area (Å²) >= 11 is 15.7. The van der Waals surface area contributed by atoms with Crippen molar-refractivity contribution in [3.05, 3.63) is 44.2 Å². The maximum absolute atomic E-state index is 6.17. The first kappa shape index (κ1) is 15.5. The lowest BCUT2D eigenvalue weighted by atomic mass is 10.2. The number of anilines is 2. The summed E-state index contributed by atoms with van der Waals surface area (Å²) in [5.74, 6) is 1.61. The minimum absolute atomic E-state index is 0.205. The first-order chi connectivity index (χ1) is 9.38. The first-order valence-corrected chi connectivity index (χ1v) is 7.69. The molecule has 0 bridgehead atoms. The molecule has 2 rings (SSSR count). The Morgan fingerprint density at radius 3 is 2.55 bits per heavy atom. The number of hydrogen-bond acceptors (Lipinski definition) is 3. The van der Waals surface area contributed by atoms with Gasteiger partial charge in [0.15, 0.2) is 0 Å². The quantitative estimate of drug-likeness (QED) is 0.698. The molecule has 0 fully saturated rings. The van der Waals surface area contributed by atoms with E-state index in [-0.39, 0.29) is 5.92 Å². The molecule has 0 spiro atoms. The highest BCUT2D eigenvalue weighted by Crippen LogP contribution is 2.31. The van der Waals surface area contributed by atoms with E-state index >= 15 is 0 Å². The average Bonchev–Trinajstić information content (AvgIpc) is 2.38. The third-order valence-electron chi connectivity index (χ3n) is 2.80. The normalized spacial score (nSPS) is 10.9. The summed E-state index contributed by atoms with van der Waals surface area (Å²) in [6, 6.07) is 5.53. The molecule has 2 aromatic rings. The summed E-state index contributed by atoms with van der Waals surface area (Å²) in [6.45, 7) is 5.94. The number of nitrogens with one attached hydrogen (secondary N) is 1. The van der Waals surface area contributed by atoms with Crippen LogP contribution in [0.1, 0.15) is 31.2 Å². The van der Waals surface area contributed by atoms with Crippen molar-refractivity contribution in [3.63, 3.8) is 0 Å². The second-order valence-corrected chi connectivity index (χ2v) is 6.40. The van der Waals surface area contributed by atoms with Crippen LogP contribution in [0, 0.1) is 6.92 Å². The number of nitrogens with zero attached hydrogens (tertiary/aromatic N) is 2. The Kier molecular flexibility index (Phi) is 4.89. The van der Waals surface area contributed by atoms with E-state index in [4.69, 9.17) is 23.2 Å². The Hall–Kier alpha value is -0.840. The van der Waals surface area contributed by atoms with E-state index in [1.54, 1.807) is 0 Å². The van der Waals surface area contributed by atoms with Gasteiger partial charge in [-0.05, 0) is 41.1 Å². The van der Waals surface area contributed by atoms with Gasteiger partial charge >= 0.3 is 0 Å². The van der Waals surface area contributed by atoms with Crippen LogP contribution in [0.25, 0.3) is 0 Å². The summed E-state index contributed by atoms with van der Waals surface area (Å²) < 4.78 is 0.905. The monoisotopic (exact) mass is 373 g/mol. The van der Waals surface area contributed by atoms with Gasteiger partial charge in [0.05, 0.1) is 5.69 Å². The molecule has 0 unspecified atom stereocenters. The van der Waals surface area contributed by atoms with Gasteiger partial charge in [-0.2, -0.15) is 0 Å². The lowest BCUT2D eigenvalue weighted by molar-refractivity contribution is 0.773. The maximum atomic E-state index is 6.17. The highest BCUT2D eigenvalue weighted by atomic mass is 79.9. The third kappa shape index (κ3) is 3.43. The second-order valence-electron chi connectivity index (χ2n) is 4.75. The van der Waals surface area contributed by atoms with Crippen molar-refractivity contribution in [1.82, 2.24) is 9.97 Å². The second kappa shape index (κ2) is 6.29. The van der Waals surface area contributed by atoms with Crippen LogP contribution in [0.4, 0.5) is 11.5 Å². The number of rotatable bonds is 3. The van der Waals surface area contributed by atoms with Gasteiger partial charge in [0.25, 0.3) is 0 Å². The zero-order valence-corrected chi connectivity index (χ0v) is 14.4. The lowest BCUT2D eigenvalue weighted by Gasteiger charge is -2.14. The van der Waals surface area contributed by atoms with Crippen molar-refractivity contribution in [2.45, 2.75) is 26.7 Å². The summed E-state index contributed by atoms with van der Waals surface area (Å²) in [7, 11) is 0. The van der Waals surface area contributed by atoms with Crippen molar-refractivity contribution >= 4 is 50.6 Å². The van der Waals surface area contributed by atoms with Gasteiger partial charge in [-0.1, -0.05) is 37.0 Å². The zero-order valence-electron chi connectivity index (χ0n) is 11.3. The number of hydrogen-bond donors (Lipinski definition) is 1. The van der Waals surface area contributed by atoms with Crippen LogP contribution in [-0.2, 0) is 0 Å². The van der Waals surface area contributed by atoms with Crippen molar-refractivity contribution in [3.8, 4) is 0 Å². The molecule has 0 radical (unpaired) electrons. The molecule has 0 aliphatic heterocycles. The van der Waals surface area contributed by atoms with Crippen molar-refractivity contribution < 1.29 is 0 Å². The summed E-state index contributed by atoms with van der Waals surface area (Å²) in [4.78, 5) is 8.82. The van der Waals surface area contributed by atoms with Gasteiger partial charge in [0.1, 0.15) is 16.8 Å². The van der Waals surface area contributed by atoms with Gasteiger partial charge in [0.2, 0.25) is 0 Å². The van der Waals surface area contributed by atoms with Crippen LogP contribution in [0.5, 0.6) is 0 Å². The lowest BCUT2D eigenvalue weighted by Crippen LogP contribution is -2.05. The Balaban J connectivity index is 2.45. The number of benzene rings is 1. The topological polar surface area (TPSA) is 37.8 Å². The van der Waals surface area contributed by atoms with Gasteiger partial charge in [-0.15, -0.1) is 0 Å². The molecule has 6 heteroatoms. The molecule has 0 aliphatic rings. The van der Waals surface area contributed by atoms with E-state index in [9.17, 15) is 0 Å². The molecule has 1 aromatic carbocycles. The molecule has 0 saturated heterocycles. The van der Waals surface area contributed by atoms with E-state index in [0.717, 1.165) is 15.7 Å². The smallest absolute Gasteiger partial charge is 0.138 e. The molecule has 1 heterocycles. The molecule has 20 heavy (non-hydrogen) atoms. The molecule has 0 amide bonds. The zero-order chi connectivity index (χ0) is 14.9. The van der Waals surface area contributed by atoms with Crippen LogP contribution in [0.15, 0.2) is 22.7 Å². The highest BCUT2D eigenvalue weighted by molar-refractivity contribution is 9.10. The average molecular weight is 375 g/mol. The molecule has 0 aliphatic carbocycles. The molecule has 0 saturated carbocycles. The summed E-state index contributed by atoms with van der Waals surface area (Å²) in [5, 5.41) is 4.36. The predicted molar refractivity (Wildman–Crippen MR) is 88.3 cm³/mol. The molecule has 0 atom stereocenters. The van der Waals surface area contributed by atoms with Crippen LogP contribution in [-0.4, -0.2) is 9.97 Å². The van der Waals surface area contributed by atoms with E-state index in [0.29, 0.717) is 21.8 Å². The molecular weight excluding hydrogens is 361 g/mol. The molecular formula is C14H14BrCl2N3. The third-order valence-corrected chi connectivity index (χ3v) is 4.10. The molecule has 106 valence electrons. The van der Waals surface area contributed by atoms with Crippen molar-refractivity contribution in [2.24, 2.45) is 0 Å². The van der Waals surface area contributed by atoms with Crippen LogP contribution in [0.2, 0.25) is 10.2 Å². The van der Waals surface area contributed by atoms with Crippen LogP contribution >= 0.6 is 39.1 Å². The van der Waals surface area contributed by atoms with Gasteiger partial charge in [-0.25, -0.2) is 9.97 Å². The van der Waals surface area contributed by atoms with E-state index < -0.39 is 0 Å². The summed E-state index contributed by atoms with van der Waals surface area (Å²) in [5.41, 5.74) is 1.65. The standard InChI is InChI=1S/C14H14BrCl2N3/c1-7(2)13-19-12(17)8(3)14(20-13)18-11-6-9(16)4-5-10(11)15/h4-7H,1-3H3,(H,18,19,20). The first-order valence-electron chi connectivity index (χ1n) is 6.14. The Morgan fingerprint density at radius 2 is 1.90 bits per heavy atom. The van der Waals surface area contributed by atoms with Crippen LogP contribution < -0.4 is 5.32 Å². The largest absolute Gasteiger partial charge is 0.339 e.